The lowest BCUT2D eigenvalue weighted by Crippen LogP contribution is -2.36. The smallest absolute Gasteiger partial charge is 0.253 e. The van der Waals surface area contributed by atoms with Gasteiger partial charge in [-0.2, -0.15) is 0 Å². The summed E-state index contributed by atoms with van der Waals surface area (Å²) in [5, 5.41) is 6.46. The molecule has 0 saturated carbocycles. The van der Waals surface area contributed by atoms with Crippen molar-refractivity contribution in [3.8, 4) is 11.6 Å². The molecular formula is C24H27FIN5O2. The number of rotatable bonds is 7. The first-order chi connectivity index (χ1) is 15.4. The van der Waals surface area contributed by atoms with Gasteiger partial charge in [-0.3, -0.25) is 9.79 Å². The molecule has 0 unspecified atom stereocenters. The van der Waals surface area contributed by atoms with Crippen molar-refractivity contribution in [2.45, 2.75) is 13.1 Å². The molecule has 0 saturated heterocycles. The molecule has 33 heavy (non-hydrogen) atoms. The van der Waals surface area contributed by atoms with Crippen molar-refractivity contribution in [1.29, 1.82) is 0 Å². The zero-order valence-corrected chi connectivity index (χ0v) is 21.0. The van der Waals surface area contributed by atoms with Crippen molar-refractivity contribution < 1.29 is 13.9 Å². The summed E-state index contributed by atoms with van der Waals surface area (Å²) in [6.45, 7) is 1.08. The Morgan fingerprint density at radius 2 is 1.70 bits per heavy atom. The van der Waals surface area contributed by atoms with Crippen molar-refractivity contribution in [3.63, 3.8) is 0 Å². The van der Waals surface area contributed by atoms with Crippen LogP contribution in [0.1, 0.15) is 21.5 Å². The maximum atomic E-state index is 13.3. The van der Waals surface area contributed by atoms with Gasteiger partial charge in [0.2, 0.25) is 5.88 Å². The van der Waals surface area contributed by atoms with Crippen LogP contribution in [0.2, 0.25) is 0 Å². The molecule has 2 N–H and O–H groups in total. The Balaban J connectivity index is 0.00000385. The number of hydrogen-bond acceptors (Lipinski definition) is 4. The number of aliphatic imine (C=N–C) groups is 1. The molecule has 0 atom stereocenters. The number of aromatic nitrogens is 1. The van der Waals surface area contributed by atoms with Gasteiger partial charge in [-0.05, 0) is 35.4 Å². The van der Waals surface area contributed by atoms with Crippen LogP contribution in [0.4, 0.5) is 4.39 Å². The predicted molar refractivity (Wildman–Crippen MR) is 138 cm³/mol. The van der Waals surface area contributed by atoms with Crippen LogP contribution < -0.4 is 15.4 Å². The molecule has 3 rings (SSSR count). The molecule has 1 heterocycles. The van der Waals surface area contributed by atoms with Gasteiger partial charge >= 0.3 is 0 Å². The van der Waals surface area contributed by atoms with E-state index in [9.17, 15) is 9.18 Å². The lowest BCUT2D eigenvalue weighted by molar-refractivity contribution is 0.0827. The quantitative estimate of drug-likeness (QED) is 0.256. The van der Waals surface area contributed by atoms with E-state index in [-0.39, 0.29) is 35.7 Å². The third-order valence-corrected chi connectivity index (χ3v) is 4.57. The van der Waals surface area contributed by atoms with Gasteiger partial charge in [-0.1, -0.05) is 24.3 Å². The van der Waals surface area contributed by atoms with Gasteiger partial charge in [-0.25, -0.2) is 9.37 Å². The molecule has 2 aromatic carbocycles. The molecule has 0 aliphatic carbocycles. The van der Waals surface area contributed by atoms with Gasteiger partial charge in [0.1, 0.15) is 11.6 Å². The molecule has 174 valence electrons. The monoisotopic (exact) mass is 563 g/mol. The molecule has 1 amide bonds. The maximum Gasteiger partial charge on any atom is 0.253 e. The number of amides is 1. The largest absolute Gasteiger partial charge is 0.439 e. The van der Waals surface area contributed by atoms with Gasteiger partial charge < -0.3 is 20.3 Å². The van der Waals surface area contributed by atoms with E-state index < -0.39 is 0 Å². The molecule has 1 aromatic heterocycles. The molecule has 3 aromatic rings. The van der Waals surface area contributed by atoms with E-state index in [1.165, 1.54) is 12.1 Å². The van der Waals surface area contributed by atoms with Crippen molar-refractivity contribution >= 4 is 35.8 Å². The second-order valence-corrected chi connectivity index (χ2v) is 7.24. The van der Waals surface area contributed by atoms with E-state index in [1.54, 1.807) is 50.4 Å². The first-order valence-electron chi connectivity index (χ1n) is 10.1. The van der Waals surface area contributed by atoms with E-state index in [2.05, 4.69) is 20.6 Å². The van der Waals surface area contributed by atoms with Crippen molar-refractivity contribution in [1.82, 2.24) is 20.5 Å². The number of carbonyl (C=O) groups is 1. The Hall–Kier alpha value is -3.21. The van der Waals surface area contributed by atoms with Gasteiger partial charge in [0, 0.05) is 58.1 Å². The lowest BCUT2D eigenvalue weighted by Gasteiger charge is -2.13. The zero-order chi connectivity index (χ0) is 22.9. The maximum absolute atomic E-state index is 13.3. The van der Waals surface area contributed by atoms with Crippen molar-refractivity contribution in [2.75, 3.05) is 21.1 Å². The molecule has 9 heteroatoms. The Kier molecular flexibility index (Phi) is 10.0. The highest BCUT2D eigenvalue weighted by Crippen LogP contribution is 2.20. The second-order valence-electron chi connectivity index (χ2n) is 7.24. The van der Waals surface area contributed by atoms with E-state index in [0.717, 1.165) is 11.1 Å². The van der Waals surface area contributed by atoms with Crippen LogP contribution in [0, 0.1) is 5.82 Å². The fourth-order valence-electron chi connectivity index (χ4n) is 2.84. The van der Waals surface area contributed by atoms with Crippen LogP contribution in [-0.4, -0.2) is 42.9 Å². The van der Waals surface area contributed by atoms with Gasteiger partial charge in [-0.15, -0.1) is 24.0 Å². The molecule has 7 nitrogen and oxygen atoms in total. The summed E-state index contributed by atoms with van der Waals surface area (Å²) >= 11 is 0. The summed E-state index contributed by atoms with van der Waals surface area (Å²) in [4.78, 5) is 22.0. The summed E-state index contributed by atoms with van der Waals surface area (Å²) in [6, 6.07) is 17.0. The van der Waals surface area contributed by atoms with Crippen LogP contribution in [0.15, 0.2) is 71.9 Å². The van der Waals surface area contributed by atoms with E-state index >= 15 is 0 Å². The number of hydrogen-bond donors (Lipinski definition) is 2. The first kappa shape index (κ1) is 26.0. The number of halogens is 2. The highest BCUT2D eigenvalue weighted by atomic mass is 127. The number of carbonyl (C=O) groups excluding carboxylic acids is 1. The zero-order valence-electron chi connectivity index (χ0n) is 18.7. The van der Waals surface area contributed by atoms with Crippen molar-refractivity contribution in [3.05, 3.63) is 89.4 Å². The molecular weight excluding hydrogens is 536 g/mol. The number of ether oxygens (including phenoxy) is 1. The number of nitrogens with zero attached hydrogens (tertiary/aromatic N) is 3. The highest BCUT2D eigenvalue weighted by Gasteiger charge is 2.07. The summed E-state index contributed by atoms with van der Waals surface area (Å²) < 4.78 is 18.8. The van der Waals surface area contributed by atoms with Crippen LogP contribution in [0.5, 0.6) is 11.6 Å². The molecule has 0 radical (unpaired) electrons. The fourth-order valence-corrected chi connectivity index (χ4v) is 2.84. The summed E-state index contributed by atoms with van der Waals surface area (Å²) in [6.07, 6.45) is 1.69. The Labute approximate surface area is 210 Å². The topological polar surface area (TPSA) is 78.9 Å². The SMILES string of the molecule is CN=C(NCc1ccc(C(=O)N(C)C)cc1)NCc1ccc(Oc2cccc(F)c2)nc1.I. The van der Waals surface area contributed by atoms with Gasteiger partial charge in [0.15, 0.2) is 5.96 Å². The van der Waals surface area contributed by atoms with Gasteiger partial charge in [0.05, 0.1) is 0 Å². The summed E-state index contributed by atoms with van der Waals surface area (Å²) in [7, 11) is 5.16. The lowest BCUT2D eigenvalue weighted by atomic mass is 10.1. The Morgan fingerprint density at radius 1 is 1.03 bits per heavy atom. The fraction of sp³-hybridized carbons (Fsp3) is 0.208. The summed E-state index contributed by atoms with van der Waals surface area (Å²) in [5.41, 5.74) is 2.62. The average molecular weight is 563 g/mol. The van der Waals surface area contributed by atoms with Crippen LogP contribution in [0.25, 0.3) is 0 Å². The number of benzene rings is 2. The van der Waals surface area contributed by atoms with Crippen LogP contribution in [0.3, 0.4) is 0 Å². The van der Waals surface area contributed by atoms with E-state index in [4.69, 9.17) is 4.74 Å². The molecule has 0 aliphatic heterocycles. The van der Waals surface area contributed by atoms with Crippen LogP contribution in [-0.2, 0) is 13.1 Å². The molecule has 0 bridgehead atoms. The Morgan fingerprint density at radius 3 is 2.27 bits per heavy atom. The predicted octanol–water partition coefficient (Wildman–Crippen LogP) is 4.20. The van der Waals surface area contributed by atoms with Crippen molar-refractivity contribution in [2.24, 2.45) is 4.99 Å². The third-order valence-electron chi connectivity index (χ3n) is 4.57. The normalized spacial score (nSPS) is 10.7. The molecule has 0 spiro atoms. The third kappa shape index (κ3) is 8.01. The molecule has 0 fully saturated rings. The van der Waals surface area contributed by atoms with E-state index in [0.29, 0.717) is 36.2 Å². The minimum absolute atomic E-state index is 0. The minimum Gasteiger partial charge on any atom is -0.439 e. The van der Waals surface area contributed by atoms with E-state index in [1.807, 2.05) is 30.3 Å². The first-order valence-corrected chi connectivity index (χ1v) is 10.1. The highest BCUT2D eigenvalue weighted by molar-refractivity contribution is 14.0. The van der Waals surface area contributed by atoms with Gasteiger partial charge in [0.25, 0.3) is 5.91 Å². The summed E-state index contributed by atoms with van der Waals surface area (Å²) in [5.74, 6) is 1.03. The standard InChI is InChI=1S/C24H26FN5O2.HI/c1-26-24(28-14-17-7-10-19(11-8-17)23(31)30(2)3)29-16-18-9-12-22(27-15-18)32-21-6-4-5-20(25)13-21;/h4-13,15H,14,16H2,1-3H3,(H2,26,28,29);1H. The number of guanidine groups is 1. The average Bonchev–Trinajstić information content (AvgIpc) is 2.80. The number of pyridine rings is 1. The minimum atomic E-state index is -0.361. The number of nitrogens with one attached hydrogen (secondary N) is 2. The Bertz CT molecular complexity index is 1070. The second kappa shape index (κ2) is 12.7. The molecule has 0 aliphatic rings. The van der Waals surface area contributed by atoms with Crippen LogP contribution >= 0.6 is 24.0 Å².